The Balaban J connectivity index is 0.000000640. The van der Waals surface area contributed by atoms with E-state index in [0.29, 0.717) is 0 Å². The van der Waals surface area contributed by atoms with Gasteiger partial charge in [-0.15, -0.1) is 9.24 Å². The molecule has 9 heavy (non-hydrogen) atoms. The van der Waals surface area contributed by atoms with Crippen molar-refractivity contribution in [1.82, 2.24) is 0 Å². The quantitative estimate of drug-likeness (QED) is 0.477. The van der Waals surface area contributed by atoms with Crippen molar-refractivity contribution in [3.63, 3.8) is 0 Å². The molecule has 1 atom stereocenters. The molecule has 1 rings (SSSR count). The largest absolute Gasteiger partial charge is 0.412 e. The summed E-state index contributed by atoms with van der Waals surface area (Å²) in [5.41, 5.74) is 0. The van der Waals surface area contributed by atoms with Crippen molar-refractivity contribution in [2.45, 2.75) is 0 Å². The third-order valence-corrected chi connectivity index (χ3v) is 1.21. The standard InChI is InChI=1S/C6H6FP.H2O/c7-5-2-1-3-6(8)4-5;/h1-4H,8H2;1H2. The summed E-state index contributed by atoms with van der Waals surface area (Å²) in [6, 6.07) is 6.39. The van der Waals surface area contributed by atoms with Crippen molar-refractivity contribution in [2.75, 3.05) is 0 Å². The van der Waals surface area contributed by atoms with Crippen LogP contribution in [0.3, 0.4) is 0 Å². The molecule has 0 heterocycles. The minimum Gasteiger partial charge on any atom is -0.412 e. The fraction of sp³-hybridized carbons (Fsp3) is 0. The van der Waals surface area contributed by atoms with Gasteiger partial charge in [0.2, 0.25) is 0 Å². The number of benzene rings is 1. The summed E-state index contributed by atoms with van der Waals surface area (Å²) in [5, 5.41) is 0.880. The lowest BCUT2D eigenvalue weighted by atomic mass is 10.4. The zero-order chi connectivity index (χ0) is 5.98. The Bertz CT molecular complexity index is 173. The second-order valence-electron chi connectivity index (χ2n) is 1.56. The Kier molecular flexibility index (Phi) is 3.36. The van der Waals surface area contributed by atoms with Crippen LogP contribution in [0.25, 0.3) is 0 Å². The maximum Gasteiger partial charge on any atom is 0.123 e. The van der Waals surface area contributed by atoms with Crippen LogP contribution in [-0.4, -0.2) is 5.48 Å². The first kappa shape index (κ1) is 8.54. The lowest BCUT2D eigenvalue weighted by Gasteiger charge is -1.87. The molecule has 0 amide bonds. The van der Waals surface area contributed by atoms with Crippen LogP contribution < -0.4 is 5.30 Å². The molecule has 2 N–H and O–H groups in total. The first-order valence-corrected chi connectivity index (χ1v) is 2.88. The van der Waals surface area contributed by atoms with Crippen LogP contribution in [0.15, 0.2) is 24.3 Å². The molecule has 0 saturated heterocycles. The van der Waals surface area contributed by atoms with Crippen LogP contribution in [0, 0.1) is 5.82 Å². The third kappa shape index (κ3) is 2.54. The van der Waals surface area contributed by atoms with E-state index in [9.17, 15) is 4.39 Å². The number of hydrogen-bond donors (Lipinski definition) is 0. The van der Waals surface area contributed by atoms with Gasteiger partial charge >= 0.3 is 0 Å². The van der Waals surface area contributed by atoms with Gasteiger partial charge in [-0.1, -0.05) is 12.1 Å². The molecule has 3 heteroatoms. The van der Waals surface area contributed by atoms with Gasteiger partial charge < -0.3 is 5.48 Å². The highest BCUT2D eigenvalue weighted by molar-refractivity contribution is 7.27. The van der Waals surface area contributed by atoms with E-state index in [4.69, 9.17) is 0 Å². The summed E-state index contributed by atoms with van der Waals surface area (Å²) in [7, 11) is 2.42. The van der Waals surface area contributed by atoms with Crippen LogP contribution >= 0.6 is 9.24 Å². The minimum atomic E-state index is -0.183. The van der Waals surface area contributed by atoms with Gasteiger partial charge in [-0.3, -0.25) is 0 Å². The molecule has 0 aliphatic carbocycles. The second-order valence-corrected chi connectivity index (χ2v) is 2.22. The lowest BCUT2D eigenvalue weighted by molar-refractivity contribution is 0.629. The predicted molar refractivity (Wildman–Crippen MR) is 39.4 cm³/mol. The fourth-order valence-corrected chi connectivity index (χ4v) is 0.777. The average molecular weight is 146 g/mol. The molecule has 0 radical (unpaired) electrons. The lowest BCUT2D eigenvalue weighted by Crippen LogP contribution is -1.87. The molecule has 1 aromatic carbocycles. The molecule has 0 aliphatic heterocycles. The zero-order valence-corrected chi connectivity index (χ0v) is 5.92. The highest BCUT2D eigenvalue weighted by Crippen LogP contribution is 1.94. The van der Waals surface area contributed by atoms with E-state index in [1.807, 2.05) is 6.07 Å². The van der Waals surface area contributed by atoms with E-state index in [-0.39, 0.29) is 11.3 Å². The summed E-state index contributed by atoms with van der Waals surface area (Å²) < 4.78 is 12.2. The maximum atomic E-state index is 12.2. The molecular formula is C6H8FOP. The van der Waals surface area contributed by atoms with Gasteiger partial charge in [0.05, 0.1) is 0 Å². The third-order valence-electron chi connectivity index (χ3n) is 0.849. The molecule has 50 valence electrons. The smallest absolute Gasteiger partial charge is 0.123 e. The molecule has 1 unspecified atom stereocenters. The molecule has 0 spiro atoms. The Morgan fingerprint density at radius 2 is 2.00 bits per heavy atom. The highest BCUT2D eigenvalue weighted by atomic mass is 31.0. The Hall–Kier alpha value is -0.460. The second kappa shape index (κ2) is 3.54. The number of rotatable bonds is 0. The molecule has 0 bridgehead atoms. The van der Waals surface area contributed by atoms with Gasteiger partial charge in [0, 0.05) is 0 Å². The van der Waals surface area contributed by atoms with Crippen molar-refractivity contribution >= 4 is 14.5 Å². The monoisotopic (exact) mass is 146 g/mol. The van der Waals surface area contributed by atoms with Gasteiger partial charge in [-0.05, 0) is 17.4 Å². The van der Waals surface area contributed by atoms with Crippen LogP contribution in [0.4, 0.5) is 4.39 Å². The Morgan fingerprint density at radius 3 is 2.33 bits per heavy atom. The summed E-state index contributed by atoms with van der Waals surface area (Å²) in [6.07, 6.45) is 0. The SMILES string of the molecule is Fc1cccc(P)c1.O. The van der Waals surface area contributed by atoms with Crippen LogP contribution in [-0.2, 0) is 0 Å². The van der Waals surface area contributed by atoms with Gasteiger partial charge in [0.15, 0.2) is 0 Å². The van der Waals surface area contributed by atoms with E-state index in [2.05, 4.69) is 9.24 Å². The topological polar surface area (TPSA) is 31.5 Å². The van der Waals surface area contributed by atoms with Gasteiger partial charge in [-0.25, -0.2) is 4.39 Å². The average Bonchev–Trinajstić information content (AvgIpc) is 1.64. The molecule has 0 saturated carbocycles. The van der Waals surface area contributed by atoms with Gasteiger partial charge in [0.25, 0.3) is 0 Å². The predicted octanol–water partition coefficient (Wildman–Crippen LogP) is 0.501. The van der Waals surface area contributed by atoms with E-state index in [0.717, 1.165) is 5.30 Å². The van der Waals surface area contributed by atoms with E-state index < -0.39 is 0 Å². The fourth-order valence-electron chi connectivity index (χ4n) is 0.507. The number of hydrogen-bond acceptors (Lipinski definition) is 0. The zero-order valence-electron chi connectivity index (χ0n) is 4.76. The van der Waals surface area contributed by atoms with E-state index in [1.165, 1.54) is 12.1 Å². The van der Waals surface area contributed by atoms with Crippen LogP contribution in [0.2, 0.25) is 0 Å². The van der Waals surface area contributed by atoms with Crippen molar-refractivity contribution in [2.24, 2.45) is 0 Å². The molecule has 1 aromatic rings. The van der Waals surface area contributed by atoms with E-state index >= 15 is 0 Å². The Labute approximate surface area is 55.4 Å². The highest BCUT2D eigenvalue weighted by Gasteiger charge is 1.84. The molecule has 0 aromatic heterocycles. The van der Waals surface area contributed by atoms with Crippen LogP contribution in [0.5, 0.6) is 0 Å². The summed E-state index contributed by atoms with van der Waals surface area (Å²) in [6.45, 7) is 0. The van der Waals surface area contributed by atoms with Crippen molar-refractivity contribution in [3.05, 3.63) is 30.1 Å². The Morgan fingerprint density at radius 1 is 1.33 bits per heavy atom. The molecule has 1 nitrogen and oxygen atoms in total. The first-order valence-electron chi connectivity index (χ1n) is 2.30. The summed E-state index contributed by atoms with van der Waals surface area (Å²) in [4.78, 5) is 0. The normalized spacial score (nSPS) is 8.22. The van der Waals surface area contributed by atoms with Crippen molar-refractivity contribution < 1.29 is 9.87 Å². The van der Waals surface area contributed by atoms with Crippen LogP contribution in [0.1, 0.15) is 0 Å². The van der Waals surface area contributed by atoms with Gasteiger partial charge in [-0.2, -0.15) is 0 Å². The maximum absolute atomic E-state index is 12.2. The molecule has 0 aliphatic rings. The molecule has 0 fully saturated rings. The summed E-state index contributed by atoms with van der Waals surface area (Å²) >= 11 is 0. The van der Waals surface area contributed by atoms with Gasteiger partial charge in [0.1, 0.15) is 5.82 Å². The van der Waals surface area contributed by atoms with Crippen molar-refractivity contribution in [1.29, 1.82) is 0 Å². The first-order chi connectivity index (χ1) is 3.79. The van der Waals surface area contributed by atoms with E-state index in [1.54, 1.807) is 6.07 Å². The molecular weight excluding hydrogens is 138 g/mol. The summed E-state index contributed by atoms with van der Waals surface area (Å²) in [5.74, 6) is -0.183. The minimum absolute atomic E-state index is 0. The number of halogens is 1. The van der Waals surface area contributed by atoms with Crippen molar-refractivity contribution in [3.8, 4) is 0 Å².